The summed E-state index contributed by atoms with van der Waals surface area (Å²) in [5.74, 6) is 1.94. The molecule has 0 saturated heterocycles. The molecule has 26 heavy (non-hydrogen) atoms. The van der Waals surface area contributed by atoms with Crippen molar-refractivity contribution in [2.45, 2.75) is 92.9 Å². The van der Waals surface area contributed by atoms with Gasteiger partial charge in [0.1, 0.15) is 0 Å². The minimum absolute atomic E-state index is 0.168. The van der Waals surface area contributed by atoms with Crippen LogP contribution >= 0.6 is 0 Å². The highest BCUT2D eigenvalue weighted by Crippen LogP contribution is 2.50. The number of ketones is 2. The van der Waals surface area contributed by atoms with Crippen LogP contribution in [0.3, 0.4) is 0 Å². The highest BCUT2D eigenvalue weighted by molar-refractivity contribution is 6.00. The highest BCUT2D eigenvalue weighted by atomic mass is 16.1. The van der Waals surface area contributed by atoms with E-state index in [1.54, 1.807) is 0 Å². The summed E-state index contributed by atoms with van der Waals surface area (Å²) >= 11 is 0. The maximum atomic E-state index is 11.8. The van der Waals surface area contributed by atoms with Crippen LogP contribution in [0.25, 0.3) is 0 Å². The Kier molecular flexibility index (Phi) is 5.09. The Morgan fingerprint density at radius 2 is 1.46 bits per heavy atom. The molecule has 2 unspecified atom stereocenters. The van der Waals surface area contributed by atoms with Crippen LogP contribution in [-0.4, -0.2) is 11.6 Å². The Balaban J connectivity index is 0.000000151. The van der Waals surface area contributed by atoms with Crippen molar-refractivity contribution in [1.82, 2.24) is 0 Å². The number of carbonyl (C=O) groups is 2. The van der Waals surface area contributed by atoms with Gasteiger partial charge in [0, 0.05) is 12.8 Å². The molecule has 1 fully saturated rings. The minimum atomic E-state index is 0.168. The van der Waals surface area contributed by atoms with Crippen LogP contribution < -0.4 is 0 Å². The van der Waals surface area contributed by atoms with E-state index in [9.17, 15) is 9.59 Å². The van der Waals surface area contributed by atoms with E-state index in [1.807, 2.05) is 0 Å². The Morgan fingerprint density at radius 3 is 2.08 bits per heavy atom. The van der Waals surface area contributed by atoms with Crippen LogP contribution in [0.5, 0.6) is 0 Å². The average Bonchev–Trinajstić information content (AvgIpc) is 2.91. The molecule has 0 heterocycles. The van der Waals surface area contributed by atoms with Gasteiger partial charge in [-0.3, -0.25) is 9.59 Å². The van der Waals surface area contributed by atoms with Gasteiger partial charge < -0.3 is 0 Å². The molecule has 2 heteroatoms. The molecule has 2 nitrogen and oxygen atoms in total. The molecule has 0 aromatic heterocycles. The van der Waals surface area contributed by atoms with Crippen LogP contribution in [0.2, 0.25) is 0 Å². The Labute approximate surface area is 159 Å². The first-order valence-electron chi connectivity index (χ1n) is 10.5. The summed E-state index contributed by atoms with van der Waals surface area (Å²) in [5.41, 5.74) is 5.62. The predicted molar refractivity (Wildman–Crippen MR) is 107 cm³/mol. The third kappa shape index (κ3) is 3.37. The van der Waals surface area contributed by atoms with Gasteiger partial charge in [-0.25, -0.2) is 0 Å². The first kappa shape index (κ1) is 19.6. The summed E-state index contributed by atoms with van der Waals surface area (Å²) in [7, 11) is 0. The number of fused-ring (bicyclic) bond motifs is 1. The number of hydrogen-bond acceptors (Lipinski definition) is 2. The zero-order valence-corrected chi connectivity index (χ0v) is 17.6. The molecule has 2 atom stereocenters. The lowest BCUT2D eigenvalue weighted by molar-refractivity contribution is -0.116. The van der Waals surface area contributed by atoms with Gasteiger partial charge in [0.25, 0.3) is 0 Å². The van der Waals surface area contributed by atoms with Gasteiger partial charge in [-0.15, -0.1) is 0 Å². The molecular formula is C24H36O2. The highest BCUT2D eigenvalue weighted by Gasteiger charge is 2.45. The molecule has 4 rings (SSSR count). The lowest BCUT2D eigenvalue weighted by atomic mass is 9.74. The van der Waals surface area contributed by atoms with Crippen LogP contribution in [0.15, 0.2) is 22.3 Å². The molecule has 0 bridgehead atoms. The first-order chi connectivity index (χ1) is 12.0. The van der Waals surface area contributed by atoms with Crippen molar-refractivity contribution >= 4 is 11.6 Å². The second-order valence-electron chi connectivity index (χ2n) is 10.4. The van der Waals surface area contributed by atoms with E-state index in [0.29, 0.717) is 23.4 Å². The number of Topliss-reactive ketones (excluding diaryl/α,β-unsaturated/α-hetero) is 2. The molecule has 0 aromatic carbocycles. The monoisotopic (exact) mass is 356 g/mol. The van der Waals surface area contributed by atoms with Gasteiger partial charge in [0.2, 0.25) is 0 Å². The average molecular weight is 357 g/mol. The van der Waals surface area contributed by atoms with Crippen molar-refractivity contribution in [3.8, 4) is 0 Å². The molecule has 0 aliphatic heterocycles. The smallest absolute Gasteiger partial charge is 0.159 e. The standard InChI is InChI=1S/2C12H18O/c2*1-8-5-4-6-9-11(8)10(13)7-12(9,2)3/h9H,4-7H2,1-3H3;8H,4-7H2,1-3H3. The zero-order chi connectivity index (χ0) is 19.3. The fraction of sp³-hybridized carbons (Fsp3) is 0.750. The maximum Gasteiger partial charge on any atom is 0.159 e. The van der Waals surface area contributed by atoms with Crippen molar-refractivity contribution in [2.75, 3.05) is 0 Å². The van der Waals surface area contributed by atoms with Gasteiger partial charge in [0.15, 0.2) is 11.6 Å². The molecule has 0 amide bonds. The van der Waals surface area contributed by atoms with Crippen LogP contribution in [0.1, 0.15) is 92.9 Å². The summed E-state index contributed by atoms with van der Waals surface area (Å²) in [5, 5.41) is 0. The van der Waals surface area contributed by atoms with Crippen LogP contribution in [-0.2, 0) is 9.59 Å². The van der Waals surface area contributed by atoms with Gasteiger partial charge in [-0.05, 0) is 79.3 Å². The molecule has 4 aliphatic carbocycles. The van der Waals surface area contributed by atoms with E-state index < -0.39 is 0 Å². The fourth-order valence-corrected chi connectivity index (χ4v) is 5.90. The van der Waals surface area contributed by atoms with E-state index in [4.69, 9.17) is 0 Å². The minimum Gasteiger partial charge on any atom is -0.295 e. The number of hydrogen-bond donors (Lipinski definition) is 0. The summed E-state index contributed by atoms with van der Waals surface area (Å²) in [6, 6.07) is 0. The van der Waals surface area contributed by atoms with Gasteiger partial charge >= 0.3 is 0 Å². The van der Waals surface area contributed by atoms with E-state index in [1.165, 1.54) is 54.4 Å². The summed E-state index contributed by atoms with van der Waals surface area (Å²) in [6.45, 7) is 13.2. The molecule has 144 valence electrons. The quantitative estimate of drug-likeness (QED) is 0.517. The normalized spacial score (nSPS) is 32.2. The zero-order valence-electron chi connectivity index (χ0n) is 17.6. The van der Waals surface area contributed by atoms with Crippen molar-refractivity contribution in [3.05, 3.63) is 22.3 Å². The molecule has 0 spiro atoms. The van der Waals surface area contributed by atoms with Crippen molar-refractivity contribution in [3.63, 3.8) is 0 Å². The molecule has 0 N–H and O–H groups in total. The lowest BCUT2D eigenvalue weighted by Crippen LogP contribution is -2.20. The third-order valence-electron chi connectivity index (χ3n) is 7.31. The van der Waals surface area contributed by atoms with Crippen LogP contribution in [0, 0.1) is 22.7 Å². The molecule has 4 aliphatic rings. The summed E-state index contributed by atoms with van der Waals surface area (Å²) in [6.07, 6.45) is 8.82. The van der Waals surface area contributed by atoms with E-state index in [-0.39, 0.29) is 10.8 Å². The first-order valence-corrected chi connectivity index (χ1v) is 10.5. The second kappa shape index (κ2) is 6.77. The molecule has 1 saturated carbocycles. The lowest BCUT2D eigenvalue weighted by Gasteiger charge is -2.30. The second-order valence-corrected chi connectivity index (χ2v) is 10.4. The molecule has 0 radical (unpaired) electrons. The number of rotatable bonds is 0. The summed E-state index contributed by atoms with van der Waals surface area (Å²) in [4.78, 5) is 23.6. The molecule has 0 aromatic rings. The number of carbonyl (C=O) groups excluding carboxylic acids is 2. The SMILES string of the molecule is CC1=C2C(=O)CC(C)(C)C2CCC1.CC1CCCC2=C1C(=O)CC2(C)C. The van der Waals surface area contributed by atoms with Gasteiger partial charge in [-0.1, -0.05) is 45.8 Å². The topological polar surface area (TPSA) is 34.1 Å². The van der Waals surface area contributed by atoms with E-state index >= 15 is 0 Å². The Bertz CT molecular complexity index is 687. The van der Waals surface area contributed by atoms with Gasteiger partial charge in [0.05, 0.1) is 0 Å². The maximum absolute atomic E-state index is 11.8. The van der Waals surface area contributed by atoms with Gasteiger partial charge in [-0.2, -0.15) is 0 Å². The van der Waals surface area contributed by atoms with E-state index in [0.717, 1.165) is 19.3 Å². The van der Waals surface area contributed by atoms with Crippen LogP contribution in [0.4, 0.5) is 0 Å². The van der Waals surface area contributed by atoms with Crippen molar-refractivity contribution < 1.29 is 9.59 Å². The van der Waals surface area contributed by atoms with Crippen molar-refractivity contribution in [2.24, 2.45) is 22.7 Å². The van der Waals surface area contributed by atoms with Crippen molar-refractivity contribution in [1.29, 1.82) is 0 Å². The number of allylic oxidation sites excluding steroid dienone is 4. The predicted octanol–water partition coefficient (Wildman–Crippen LogP) is 6.20. The Morgan fingerprint density at radius 1 is 0.846 bits per heavy atom. The fourth-order valence-electron chi connectivity index (χ4n) is 5.90. The molecular weight excluding hydrogens is 320 g/mol. The third-order valence-corrected chi connectivity index (χ3v) is 7.31. The van der Waals surface area contributed by atoms with E-state index in [2.05, 4.69) is 41.5 Å². The summed E-state index contributed by atoms with van der Waals surface area (Å²) < 4.78 is 0. The largest absolute Gasteiger partial charge is 0.295 e. The Hall–Kier alpha value is -1.18.